The molecule has 2 aromatic rings. The van der Waals surface area contributed by atoms with Gasteiger partial charge in [-0.1, -0.05) is 12.1 Å². The number of hydrogen-bond donors (Lipinski definition) is 0. The summed E-state index contributed by atoms with van der Waals surface area (Å²) >= 11 is 6.88. The first-order chi connectivity index (χ1) is 7.83. The summed E-state index contributed by atoms with van der Waals surface area (Å²) in [7, 11) is 0. The molecule has 0 N–H and O–H groups in total. The van der Waals surface area contributed by atoms with Gasteiger partial charge in [0, 0.05) is 0 Å². The van der Waals surface area contributed by atoms with Crippen LogP contribution in [0.1, 0.15) is 11.9 Å². The number of para-hydroxylation sites is 2. The topological polar surface area (TPSA) is 44.2 Å². The van der Waals surface area contributed by atoms with Crippen molar-refractivity contribution in [3.05, 3.63) is 34.6 Å². The molecule has 1 unspecified atom stereocenters. The second kappa shape index (κ2) is 3.92. The SMILES string of the molecule is Clc1nc(C2COc3ccccc3O2)ns1. The molecule has 1 aliphatic heterocycles. The largest absolute Gasteiger partial charge is 0.485 e. The van der Waals surface area contributed by atoms with E-state index in [1.165, 1.54) is 0 Å². The molecule has 6 heteroatoms. The smallest absolute Gasteiger partial charge is 0.203 e. The molecule has 16 heavy (non-hydrogen) atoms. The summed E-state index contributed by atoms with van der Waals surface area (Å²) in [5, 5.41) is 0. The van der Waals surface area contributed by atoms with Crippen LogP contribution in [0.15, 0.2) is 24.3 Å². The first kappa shape index (κ1) is 9.86. The molecule has 82 valence electrons. The third-order valence-corrected chi connectivity index (χ3v) is 3.03. The van der Waals surface area contributed by atoms with E-state index in [1.807, 2.05) is 24.3 Å². The van der Waals surface area contributed by atoms with Gasteiger partial charge in [-0.15, -0.1) is 0 Å². The van der Waals surface area contributed by atoms with Crippen molar-refractivity contribution in [1.29, 1.82) is 0 Å². The summed E-state index contributed by atoms with van der Waals surface area (Å²) in [5.74, 6) is 2.04. The van der Waals surface area contributed by atoms with Crippen LogP contribution < -0.4 is 9.47 Å². The van der Waals surface area contributed by atoms with Crippen LogP contribution >= 0.6 is 23.1 Å². The Morgan fingerprint density at radius 3 is 2.88 bits per heavy atom. The normalized spacial score (nSPS) is 18.4. The van der Waals surface area contributed by atoms with Crippen LogP contribution in [0.3, 0.4) is 0 Å². The van der Waals surface area contributed by atoms with Crippen molar-refractivity contribution in [3.63, 3.8) is 0 Å². The van der Waals surface area contributed by atoms with E-state index in [2.05, 4.69) is 9.36 Å². The van der Waals surface area contributed by atoms with E-state index in [4.69, 9.17) is 21.1 Å². The number of fused-ring (bicyclic) bond motifs is 1. The van der Waals surface area contributed by atoms with E-state index in [0.717, 1.165) is 17.3 Å². The molecule has 0 amide bonds. The zero-order valence-corrected chi connectivity index (χ0v) is 9.66. The molecule has 0 radical (unpaired) electrons. The van der Waals surface area contributed by atoms with Gasteiger partial charge in [0.05, 0.1) is 0 Å². The first-order valence-corrected chi connectivity index (χ1v) is 5.85. The van der Waals surface area contributed by atoms with Crippen molar-refractivity contribution in [1.82, 2.24) is 9.36 Å². The quantitative estimate of drug-likeness (QED) is 0.785. The lowest BCUT2D eigenvalue weighted by Crippen LogP contribution is -2.22. The molecule has 4 nitrogen and oxygen atoms in total. The van der Waals surface area contributed by atoms with Crippen LogP contribution in [0.2, 0.25) is 4.47 Å². The van der Waals surface area contributed by atoms with E-state index in [0.29, 0.717) is 22.6 Å². The van der Waals surface area contributed by atoms with Gasteiger partial charge < -0.3 is 9.47 Å². The van der Waals surface area contributed by atoms with Gasteiger partial charge in [-0.2, -0.15) is 4.37 Å². The van der Waals surface area contributed by atoms with E-state index >= 15 is 0 Å². The Labute approximate surface area is 101 Å². The van der Waals surface area contributed by atoms with Crippen LogP contribution in [-0.4, -0.2) is 16.0 Å². The first-order valence-electron chi connectivity index (χ1n) is 4.70. The maximum absolute atomic E-state index is 5.73. The molecule has 0 aliphatic carbocycles. The maximum atomic E-state index is 5.73. The number of aromatic nitrogens is 2. The zero-order chi connectivity index (χ0) is 11.0. The molecule has 0 bridgehead atoms. The van der Waals surface area contributed by atoms with Crippen LogP contribution in [-0.2, 0) is 0 Å². The third-order valence-electron chi connectivity index (χ3n) is 2.21. The highest BCUT2D eigenvalue weighted by Gasteiger charge is 2.25. The summed E-state index contributed by atoms with van der Waals surface area (Å²) in [5.41, 5.74) is 0. The van der Waals surface area contributed by atoms with Crippen LogP contribution in [0.25, 0.3) is 0 Å². The lowest BCUT2D eigenvalue weighted by Gasteiger charge is -2.24. The minimum Gasteiger partial charge on any atom is -0.485 e. The van der Waals surface area contributed by atoms with Crippen molar-refractivity contribution in [2.24, 2.45) is 0 Å². The van der Waals surface area contributed by atoms with Crippen molar-refractivity contribution < 1.29 is 9.47 Å². The fourth-order valence-corrected chi connectivity index (χ4v) is 2.14. The van der Waals surface area contributed by atoms with Crippen molar-refractivity contribution >= 4 is 23.1 Å². The van der Waals surface area contributed by atoms with Gasteiger partial charge in [0.2, 0.25) is 4.47 Å². The second-order valence-electron chi connectivity index (χ2n) is 3.27. The number of nitrogens with zero attached hydrogens (tertiary/aromatic N) is 2. The Balaban J connectivity index is 1.88. The fourth-order valence-electron chi connectivity index (χ4n) is 1.49. The van der Waals surface area contributed by atoms with Crippen molar-refractivity contribution in [2.45, 2.75) is 6.10 Å². The van der Waals surface area contributed by atoms with Gasteiger partial charge in [0.15, 0.2) is 23.4 Å². The average molecular weight is 255 g/mol. The Hall–Kier alpha value is -1.33. The van der Waals surface area contributed by atoms with E-state index in [-0.39, 0.29) is 6.10 Å². The number of hydrogen-bond acceptors (Lipinski definition) is 5. The minimum absolute atomic E-state index is 0.279. The maximum Gasteiger partial charge on any atom is 0.203 e. The van der Waals surface area contributed by atoms with Gasteiger partial charge in [0.1, 0.15) is 6.61 Å². The summed E-state index contributed by atoms with van der Waals surface area (Å²) in [6.07, 6.45) is -0.279. The Morgan fingerprint density at radius 1 is 1.31 bits per heavy atom. The molecule has 1 aromatic heterocycles. The Bertz CT molecular complexity index is 517. The molecule has 0 saturated heterocycles. The van der Waals surface area contributed by atoms with Crippen LogP contribution in [0, 0.1) is 0 Å². The van der Waals surface area contributed by atoms with Gasteiger partial charge in [0.25, 0.3) is 0 Å². The lowest BCUT2D eigenvalue weighted by molar-refractivity contribution is 0.0859. The third kappa shape index (κ3) is 1.72. The van der Waals surface area contributed by atoms with Crippen molar-refractivity contribution in [3.8, 4) is 11.5 Å². The molecule has 3 rings (SSSR count). The molecular formula is C10H7ClN2O2S. The molecule has 1 atom stereocenters. The average Bonchev–Trinajstić information content (AvgIpc) is 2.75. The van der Waals surface area contributed by atoms with Crippen LogP contribution in [0.5, 0.6) is 11.5 Å². The zero-order valence-electron chi connectivity index (χ0n) is 8.09. The second-order valence-corrected chi connectivity index (χ2v) is 4.60. The van der Waals surface area contributed by atoms with Crippen molar-refractivity contribution in [2.75, 3.05) is 6.61 Å². The Morgan fingerprint density at radius 2 is 2.12 bits per heavy atom. The van der Waals surface area contributed by atoms with Gasteiger partial charge >= 0.3 is 0 Å². The summed E-state index contributed by atoms with van der Waals surface area (Å²) in [6.45, 7) is 0.407. The molecule has 0 fully saturated rings. The van der Waals surface area contributed by atoms with Crippen LogP contribution in [0.4, 0.5) is 0 Å². The van der Waals surface area contributed by atoms with Gasteiger partial charge in [-0.05, 0) is 35.3 Å². The Kier molecular flexibility index (Phi) is 2.41. The van der Waals surface area contributed by atoms with E-state index < -0.39 is 0 Å². The lowest BCUT2D eigenvalue weighted by atomic mass is 10.2. The fraction of sp³-hybridized carbons (Fsp3) is 0.200. The predicted molar refractivity (Wildman–Crippen MR) is 60.2 cm³/mol. The molecule has 1 aromatic carbocycles. The van der Waals surface area contributed by atoms with E-state index in [9.17, 15) is 0 Å². The highest BCUT2D eigenvalue weighted by Crippen LogP contribution is 2.35. The highest BCUT2D eigenvalue weighted by molar-refractivity contribution is 7.10. The predicted octanol–water partition coefficient (Wildman–Crippen LogP) is 2.70. The summed E-state index contributed by atoms with van der Waals surface area (Å²) in [6, 6.07) is 7.52. The molecule has 0 spiro atoms. The molecule has 1 aliphatic rings. The van der Waals surface area contributed by atoms with Gasteiger partial charge in [-0.3, -0.25) is 0 Å². The molecule has 2 heterocycles. The molecular weight excluding hydrogens is 248 g/mol. The number of rotatable bonds is 1. The number of ether oxygens (including phenoxy) is 2. The number of halogens is 1. The monoisotopic (exact) mass is 254 g/mol. The standard InChI is InChI=1S/C10H7ClN2O2S/c11-10-12-9(13-16-10)8-5-14-6-3-1-2-4-7(6)15-8/h1-4,8H,5H2. The van der Waals surface area contributed by atoms with Gasteiger partial charge in [-0.25, -0.2) is 4.98 Å². The van der Waals surface area contributed by atoms with E-state index in [1.54, 1.807) is 0 Å². The molecule has 0 saturated carbocycles. The summed E-state index contributed by atoms with van der Waals surface area (Å²) in [4.78, 5) is 4.08. The highest BCUT2D eigenvalue weighted by atomic mass is 35.5. The number of benzene rings is 1. The summed E-state index contributed by atoms with van der Waals surface area (Å²) < 4.78 is 15.8. The minimum atomic E-state index is -0.279.